The van der Waals surface area contributed by atoms with Gasteiger partial charge in [-0.2, -0.15) is 0 Å². The van der Waals surface area contributed by atoms with Crippen LogP contribution in [0.2, 0.25) is 0 Å². The summed E-state index contributed by atoms with van der Waals surface area (Å²) >= 11 is 0. The van der Waals surface area contributed by atoms with Crippen LogP contribution in [-0.2, 0) is 20.7 Å². The zero-order valence-corrected chi connectivity index (χ0v) is 15.7. The van der Waals surface area contributed by atoms with E-state index in [-0.39, 0.29) is 18.2 Å². The number of hydrogen-bond donors (Lipinski definition) is 1. The van der Waals surface area contributed by atoms with Crippen molar-refractivity contribution >= 4 is 23.5 Å². The molecule has 0 aliphatic carbocycles. The molecule has 0 fully saturated rings. The van der Waals surface area contributed by atoms with Gasteiger partial charge in [0.05, 0.1) is 19.6 Å². The Labute approximate surface area is 162 Å². The molecule has 7 heteroatoms. The second kappa shape index (κ2) is 8.21. The minimum Gasteiger partial charge on any atom is -0.469 e. The Kier molecular flexibility index (Phi) is 5.73. The van der Waals surface area contributed by atoms with Gasteiger partial charge in [-0.3, -0.25) is 14.4 Å². The number of esters is 1. The van der Waals surface area contributed by atoms with E-state index in [1.807, 2.05) is 0 Å². The van der Waals surface area contributed by atoms with Crippen molar-refractivity contribution in [1.82, 2.24) is 5.32 Å². The molecule has 0 spiro atoms. The summed E-state index contributed by atoms with van der Waals surface area (Å²) in [5.41, 5.74) is 2.77. The molecule has 3 rings (SSSR count). The molecule has 0 bridgehead atoms. The highest BCUT2D eigenvalue weighted by atomic mass is 19.1. The summed E-state index contributed by atoms with van der Waals surface area (Å²) in [6, 6.07) is 10.1. The molecule has 2 aromatic rings. The number of amides is 2. The molecule has 0 saturated heterocycles. The third-order valence-corrected chi connectivity index (χ3v) is 4.79. The SMILES string of the molecule is COC(=O)C[C@@H](NC(=O)c1ccc2c(c1)CCN2C(C)=O)c1ccc(F)cc1. The molecule has 6 nitrogen and oxygen atoms in total. The first kappa shape index (κ1) is 19.5. The Balaban J connectivity index is 1.81. The lowest BCUT2D eigenvalue weighted by atomic mass is 10.0. The summed E-state index contributed by atoms with van der Waals surface area (Å²) in [6.45, 7) is 2.10. The number of nitrogens with one attached hydrogen (secondary N) is 1. The van der Waals surface area contributed by atoms with Crippen molar-refractivity contribution in [2.75, 3.05) is 18.6 Å². The van der Waals surface area contributed by atoms with Crippen LogP contribution in [0.3, 0.4) is 0 Å². The van der Waals surface area contributed by atoms with Crippen LogP contribution in [0, 0.1) is 5.82 Å². The highest BCUT2D eigenvalue weighted by Gasteiger charge is 2.24. The number of methoxy groups -OCH3 is 1. The molecule has 1 heterocycles. The van der Waals surface area contributed by atoms with Crippen molar-refractivity contribution < 1.29 is 23.5 Å². The summed E-state index contributed by atoms with van der Waals surface area (Å²) in [5, 5.41) is 2.82. The first-order valence-electron chi connectivity index (χ1n) is 8.93. The van der Waals surface area contributed by atoms with Gasteiger partial charge >= 0.3 is 5.97 Å². The fourth-order valence-electron chi connectivity index (χ4n) is 3.31. The highest BCUT2D eigenvalue weighted by Crippen LogP contribution is 2.29. The van der Waals surface area contributed by atoms with E-state index in [2.05, 4.69) is 5.32 Å². The number of halogens is 1. The molecule has 146 valence electrons. The minimum atomic E-state index is -0.650. The standard InChI is InChI=1S/C21H21FN2O4/c1-13(25)24-10-9-15-11-16(5-8-19(15)24)21(27)23-18(12-20(26)28-2)14-3-6-17(22)7-4-14/h3-8,11,18H,9-10,12H2,1-2H3,(H,23,27)/t18-/m1/s1. The molecular weight excluding hydrogens is 363 g/mol. The van der Waals surface area contributed by atoms with Gasteiger partial charge in [-0.15, -0.1) is 0 Å². The largest absolute Gasteiger partial charge is 0.469 e. The third-order valence-electron chi connectivity index (χ3n) is 4.79. The second-order valence-corrected chi connectivity index (χ2v) is 6.62. The van der Waals surface area contributed by atoms with E-state index in [1.165, 1.54) is 38.3 Å². The summed E-state index contributed by atoms with van der Waals surface area (Å²) in [4.78, 5) is 37.8. The second-order valence-electron chi connectivity index (χ2n) is 6.62. The number of carbonyl (C=O) groups excluding carboxylic acids is 3. The third kappa shape index (κ3) is 4.19. The summed E-state index contributed by atoms with van der Waals surface area (Å²) in [5.74, 6) is -1.28. The quantitative estimate of drug-likeness (QED) is 0.805. The minimum absolute atomic E-state index is 0.0367. The van der Waals surface area contributed by atoms with Crippen molar-refractivity contribution in [2.45, 2.75) is 25.8 Å². The number of benzene rings is 2. The van der Waals surface area contributed by atoms with Crippen molar-refractivity contribution in [3.63, 3.8) is 0 Å². The van der Waals surface area contributed by atoms with Crippen molar-refractivity contribution in [3.05, 3.63) is 65.0 Å². The number of ether oxygens (including phenoxy) is 1. The first-order valence-corrected chi connectivity index (χ1v) is 8.93. The van der Waals surface area contributed by atoms with Gasteiger partial charge in [0.15, 0.2) is 0 Å². The van der Waals surface area contributed by atoms with E-state index < -0.39 is 17.8 Å². The summed E-state index contributed by atoms with van der Waals surface area (Å²) in [6.07, 6.45) is 0.608. The number of rotatable bonds is 5. The average Bonchev–Trinajstić information content (AvgIpc) is 3.11. The maximum absolute atomic E-state index is 13.2. The predicted molar refractivity (Wildman–Crippen MR) is 101 cm³/mol. The Bertz CT molecular complexity index is 911. The number of fused-ring (bicyclic) bond motifs is 1. The van der Waals surface area contributed by atoms with Gasteiger partial charge in [-0.05, 0) is 47.9 Å². The Morgan fingerprint density at radius 2 is 1.89 bits per heavy atom. The van der Waals surface area contributed by atoms with Crippen LogP contribution in [0.1, 0.15) is 40.9 Å². The van der Waals surface area contributed by atoms with Crippen LogP contribution in [-0.4, -0.2) is 31.4 Å². The van der Waals surface area contributed by atoms with Gasteiger partial charge in [0.25, 0.3) is 5.91 Å². The molecule has 1 N–H and O–H groups in total. The summed E-state index contributed by atoms with van der Waals surface area (Å²) < 4.78 is 17.9. The van der Waals surface area contributed by atoms with Crippen molar-refractivity contribution in [2.24, 2.45) is 0 Å². The molecule has 0 aromatic heterocycles. The van der Waals surface area contributed by atoms with Crippen LogP contribution in [0.5, 0.6) is 0 Å². The van der Waals surface area contributed by atoms with Crippen LogP contribution in [0.4, 0.5) is 10.1 Å². The number of carbonyl (C=O) groups is 3. The summed E-state index contributed by atoms with van der Waals surface area (Å²) in [7, 11) is 1.27. The van der Waals surface area contributed by atoms with Crippen LogP contribution >= 0.6 is 0 Å². The topological polar surface area (TPSA) is 75.7 Å². The van der Waals surface area contributed by atoms with E-state index in [0.29, 0.717) is 24.1 Å². The Morgan fingerprint density at radius 3 is 2.54 bits per heavy atom. The zero-order chi connectivity index (χ0) is 20.3. The van der Waals surface area contributed by atoms with Crippen LogP contribution in [0.25, 0.3) is 0 Å². The molecule has 1 atom stereocenters. The molecule has 28 heavy (non-hydrogen) atoms. The molecule has 1 aliphatic heterocycles. The fourth-order valence-corrected chi connectivity index (χ4v) is 3.31. The van der Waals surface area contributed by atoms with Gasteiger partial charge in [0, 0.05) is 24.7 Å². The molecule has 2 amide bonds. The number of anilines is 1. The number of hydrogen-bond acceptors (Lipinski definition) is 4. The molecule has 0 radical (unpaired) electrons. The van der Waals surface area contributed by atoms with E-state index in [0.717, 1.165) is 11.3 Å². The Morgan fingerprint density at radius 1 is 1.18 bits per heavy atom. The van der Waals surface area contributed by atoms with Gasteiger partial charge in [0.1, 0.15) is 5.82 Å². The van der Waals surface area contributed by atoms with E-state index >= 15 is 0 Å². The molecule has 0 saturated carbocycles. The Hall–Kier alpha value is -3.22. The lowest BCUT2D eigenvalue weighted by molar-refractivity contribution is -0.141. The lowest BCUT2D eigenvalue weighted by Crippen LogP contribution is -2.30. The monoisotopic (exact) mass is 384 g/mol. The predicted octanol–water partition coefficient (Wildman–Crippen LogP) is 2.77. The zero-order valence-electron chi connectivity index (χ0n) is 15.7. The molecule has 1 aliphatic rings. The molecule has 0 unspecified atom stereocenters. The maximum atomic E-state index is 13.2. The van der Waals surface area contributed by atoms with E-state index in [9.17, 15) is 18.8 Å². The average molecular weight is 384 g/mol. The maximum Gasteiger partial charge on any atom is 0.307 e. The van der Waals surface area contributed by atoms with Crippen LogP contribution < -0.4 is 10.2 Å². The number of nitrogens with zero attached hydrogens (tertiary/aromatic N) is 1. The van der Waals surface area contributed by atoms with Crippen molar-refractivity contribution in [1.29, 1.82) is 0 Å². The van der Waals surface area contributed by atoms with E-state index in [1.54, 1.807) is 23.1 Å². The van der Waals surface area contributed by atoms with Gasteiger partial charge in [-0.25, -0.2) is 4.39 Å². The van der Waals surface area contributed by atoms with Crippen molar-refractivity contribution in [3.8, 4) is 0 Å². The lowest BCUT2D eigenvalue weighted by Gasteiger charge is -2.19. The fraction of sp³-hybridized carbons (Fsp3) is 0.286. The molecule has 2 aromatic carbocycles. The first-order chi connectivity index (χ1) is 13.4. The van der Waals surface area contributed by atoms with E-state index in [4.69, 9.17) is 4.74 Å². The van der Waals surface area contributed by atoms with Crippen LogP contribution in [0.15, 0.2) is 42.5 Å². The smallest absolute Gasteiger partial charge is 0.307 e. The van der Waals surface area contributed by atoms with Gasteiger partial charge < -0.3 is 15.0 Å². The van der Waals surface area contributed by atoms with Gasteiger partial charge in [0.2, 0.25) is 5.91 Å². The highest BCUT2D eigenvalue weighted by molar-refractivity contribution is 5.98. The van der Waals surface area contributed by atoms with Gasteiger partial charge in [-0.1, -0.05) is 12.1 Å². The molecular formula is C21H21FN2O4. The normalized spacial score (nSPS) is 13.6.